The number of fused-ring (bicyclic) bond motifs is 5. The van der Waals surface area contributed by atoms with Crippen LogP contribution in [0.3, 0.4) is 0 Å². The fourth-order valence-electron chi connectivity index (χ4n) is 7.11. The summed E-state index contributed by atoms with van der Waals surface area (Å²) in [7, 11) is 0. The molecule has 6 aromatic rings. The molecule has 0 fully saturated rings. The van der Waals surface area contributed by atoms with Crippen molar-refractivity contribution in [3.05, 3.63) is 145 Å². The summed E-state index contributed by atoms with van der Waals surface area (Å²) in [6, 6.07) is 49.8. The summed E-state index contributed by atoms with van der Waals surface area (Å²) in [4.78, 5) is 2.54. The molecule has 0 aliphatic carbocycles. The van der Waals surface area contributed by atoms with E-state index in [1.165, 1.54) is 78.0 Å². The van der Waals surface area contributed by atoms with Crippen LogP contribution in [0.5, 0.6) is 0 Å². The Morgan fingerprint density at radius 1 is 0.488 bits per heavy atom. The highest BCUT2D eigenvalue weighted by molar-refractivity contribution is 7.01. The molecule has 0 radical (unpaired) electrons. The van der Waals surface area contributed by atoms with Gasteiger partial charge in [0.25, 0.3) is 0 Å². The number of aryl methyl sites for hydroxylation is 1. The Morgan fingerprint density at radius 3 is 1.95 bits per heavy atom. The first kappa shape index (κ1) is 25.9. The third-order valence-corrected chi connectivity index (χ3v) is 9.31. The molecule has 0 atom stereocenters. The Bertz CT molecular complexity index is 2020. The first-order valence-corrected chi connectivity index (χ1v) is 15.3. The van der Waals surface area contributed by atoms with Gasteiger partial charge in [0.05, 0.1) is 5.69 Å². The van der Waals surface area contributed by atoms with Gasteiger partial charge in [0.2, 0.25) is 6.71 Å². The summed E-state index contributed by atoms with van der Waals surface area (Å²) < 4.78 is 0. The van der Waals surface area contributed by atoms with Gasteiger partial charge in [0, 0.05) is 16.9 Å². The lowest BCUT2D eigenvalue weighted by molar-refractivity contribution is 0.590. The van der Waals surface area contributed by atoms with Crippen molar-refractivity contribution in [1.82, 2.24) is 0 Å². The van der Waals surface area contributed by atoms with E-state index in [-0.39, 0.29) is 12.1 Å². The van der Waals surface area contributed by atoms with Crippen LogP contribution in [0.1, 0.15) is 31.9 Å². The van der Waals surface area contributed by atoms with Gasteiger partial charge in [-0.1, -0.05) is 135 Å². The SMILES string of the molecule is Cc1ccc(-c2cc3c4c(c2)N(c2ccc(C(C)(C)C)cc2-c2ccccc2)c2ccccc2B4c2ccccc2-3)cc1. The Labute approximate surface area is 255 Å². The Balaban J connectivity index is 1.46. The Morgan fingerprint density at radius 2 is 1.19 bits per heavy atom. The minimum Gasteiger partial charge on any atom is -0.311 e. The number of benzene rings is 6. The molecular formula is C41H34BN. The van der Waals surface area contributed by atoms with Gasteiger partial charge in [0.15, 0.2) is 0 Å². The van der Waals surface area contributed by atoms with Gasteiger partial charge in [-0.05, 0) is 87.0 Å². The zero-order valence-electron chi connectivity index (χ0n) is 25.2. The quantitative estimate of drug-likeness (QED) is 0.198. The van der Waals surface area contributed by atoms with Crippen molar-refractivity contribution in [3.8, 4) is 33.4 Å². The van der Waals surface area contributed by atoms with E-state index in [1.54, 1.807) is 0 Å². The van der Waals surface area contributed by atoms with Gasteiger partial charge >= 0.3 is 0 Å². The lowest BCUT2D eigenvalue weighted by atomic mass is 9.37. The number of hydrogen-bond donors (Lipinski definition) is 0. The molecule has 2 heterocycles. The second kappa shape index (κ2) is 9.61. The van der Waals surface area contributed by atoms with Crippen molar-refractivity contribution in [1.29, 1.82) is 0 Å². The smallest absolute Gasteiger partial charge is 0.248 e. The molecule has 6 aromatic carbocycles. The highest BCUT2D eigenvalue weighted by Gasteiger charge is 2.43. The van der Waals surface area contributed by atoms with Crippen molar-refractivity contribution in [2.45, 2.75) is 33.1 Å². The zero-order valence-corrected chi connectivity index (χ0v) is 25.2. The fourth-order valence-corrected chi connectivity index (χ4v) is 7.11. The number of rotatable bonds is 3. The van der Waals surface area contributed by atoms with Gasteiger partial charge in [-0.2, -0.15) is 0 Å². The van der Waals surface area contributed by atoms with Crippen molar-refractivity contribution in [2.24, 2.45) is 0 Å². The largest absolute Gasteiger partial charge is 0.311 e. The molecule has 1 nitrogen and oxygen atoms in total. The van der Waals surface area contributed by atoms with Crippen LogP contribution in [0.15, 0.2) is 133 Å². The Kier molecular flexibility index (Phi) is 5.78. The molecule has 0 unspecified atom stereocenters. The molecule has 0 amide bonds. The molecule has 0 spiro atoms. The van der Waals surface area contributed by atoms with E-state index in [0.29, 0.717) is 0 Å². The van der Waals surface area contributed by atoms with Crippen molar-refractivity contribution in [3.63, 3.8) is 0 Å². The lowest BCUT2D eigenvalue weighted by Gasteiger charge is -2.37. The summed E-state index contributed by atoms with van der Waals surface area (Å²) in [6.07, 6.45) is 0. The summed E-state index contributed by atoms with van der Waals surface area (Å²) in [5.41, 5.74) is 18.3. The van der Waals surface area contributed by atoms with Gasteiger partial charge in [0.1, 0.15) is 0 Å². The fraction of sp³-hybridized carbons (Fsp3) is 0.122. The van der Waals surface area contributed by atoms with Crippen molar-refractivity contribution < 1.29 is 0 Å². The van der Waals surface area contributed by atoms with E-state index in [2.05, 4.69) is 166 Å². The van der Waals surface area contributed by atoms with Crippen molar-refractivity contribution >= 4 is 40.2 Å². The molecule has 206 valence electrons. The highest BCUT2D eigenvalue weighted by Crippen LogP contribution is 2.46. The van der Waals surface area contributed by atoms with Crippen LogP contribution < -0.4 is 21.3 Å². The van der Waals surface area contributed by atoms with Gasteiger partial charge in [-0.15, -0.1) is 0 Å². The maximum Gasteiger partial charge on any atom is 0.248 e. The van der Waals surface area contributed by atoms with Crippen LogP contribution in [0.2, 0.25) is 0 Å². The zero-order chi connectivity index (χ0) is 29.3. The second-order valence-electron chi connectivity index (χ2n) is 13.1. The van der Waals surface area contributed by atoms with E-state index in [4.69, 9.17) is 0 Å². The molecule has 8 rings (SSSR count). The molecule has 0 bridgehead atoms. The van der Waals surface area contributed by atoms with E-state index >= 15 is 0 Å². The van der Waals surface area contributed by atoms with Crippen LogP contribution in [-0.4, -0.2) is 6.71 Å². The van der Waals surface area contributed by atoms with Crippen LogP contribution >= 0.6 is 0 Å². The predicted octanol–water partition coefficient (Wildman–Crippen LogP) is 8.91. The lowest BCUT2D eigenvalue weighted by Crippen LogP contribution is -2.54. The molecule has 0 aromatic heterocycles. The van der Waals surface area contributed by atoms with Crippen molar-refractivity contribution in [2.75, 3.05) is 4.90 Å². The third-order valence-electron chi connectivity index (χ3n) is 9.31. The van der Waals surface area contributed by atoms with E-state index in [9.17, 15) is 0 Å². The van der Waals surface area contributed by atoms with Crippen LogP contribution in [0.4, 0.5) is 17.1 Å². The normalized spacial score (nSPS) is 13.0. The number of anilines is 3. The van der Waals surface area contributed by atoms with E-state index < -0.39 is 0 Å². The third kappa shape index (κ3) is 4.08. The first-order chi connectivity index (χ1) is 20.9. The number of para-hydroxylation sites is 1. The van der Waals surface area contributed by atoms with Crippen LogP contribution in [0, 0.1) is 6.92 Å². The first-order valence-electron chi connectivity index (χ1n) is 15.3. The van der Waals surface area contributed by atoms with Gasteiger partial charge in [-0.3, -0.25) is 0 Å². The second-order valence-corrected chi connectivity index (χ2v) is 13.1. The molecule has 2 aliphatic rings. The van der Waals surface area contributed by atoms with Crippen LogP contribution in [-0.2, 0) is 5.41 Å². The predicted molar refractivity (Wildman–Crippen MR) is 186 cm³/mol. The topological polar surface area (TPSA) is 3.24 Å². The average Bonchev–Trinajstić information content (AvgIpc) is 3.36. The van der Waals surface area contributed by atoms with E-state index in [0.717, 1.165) is 0 Å². The number of hydrogen-bond acceptors (Lipinski definition) is 1. The molecule has 2 aliphatic heterocycles. The standard InChI is InChI=1S/C41H34BN/c1-27-18-20-28(21-19-27)30-24-34-32-14-8-9-15-35(32)42-36-16-10-11-17-38(36)43(39(25-30)40(34)42)37-23-22-31(41(2,3)4)26-33(37)29-12-6-5-7-13-29/h5-26H,1-4H3. The molecular weight excluding hydrogens is 517 g/mol. The van der Waals surface area contributed by atoms with Gasteiger partial charge in [-0.25, -0.2) is 0 Å². The molecule has 0 N–H and O–H groups in total. The maximum atomic E-state index is 2.54. The maximum absolute atomic E-state index is 2.54. The monoisotopic (exact) mass is 551 g/mol. The summed E-state index contributed by atoms with van der Waals surface area (Å²) in [5.74, 6) is 0. The minimum absolute atomic E-state index is 0.0429. The molecule has 43 heavy (non-hydrogen) atoms. The van der Waals surface area contributed by atoms with Gasteiger partial charge < -0.3 is 4.90 Å². The average molecular weight is 552 g/mol. The van der Waals surface area contributed by atoms with E-state index in [1.807, 2.05) is 0 Å². The van der Waals surface area contributed by atoms with Crippen LogP contribution in [0.25, 0.3) is 33.4 Å². The molecule has 0 saturated heterocycles. The summed E-state index contributed by atoms with van der Waals surface area (Å²) in [5, 5.41) is 0. The summed E-state index contributed by atoms with van der Waals surface area (Å²) in [6.45, 7) is 9.27. The highest BCUT2D eigenvalue weighted by atomic mass is 15.2. The molecule has 0 saturated carbocycles. The number of nitrogens with zero attached hydrogens (tertiary/aromatic N) is 1. The summed E-state index contributed by atoms with van der Waals surface area (Å²) >= 11 is 0. The Hall–Kier alpha value is -4.82. The molecule has 2 heteroatoms. The minimum atomic E-state index is 0.0429.